The van der Waals surface area contributed by atoms with E-state index < -0.39 is 0 Å². The minimum absolute atomic E-state index is 0.387. The third kappa shape index (κ3) is 2.81. The average Bonchev–Trinajstić information content (AvgIpc) is 2.55. The zero-order valence-corrected chi connectivity index (χ0v) is 12.5. The van der Waals surface area contributed by atoms with Crippen LogP contribution in [0.4, 0.5) is 0 Å². The summed E-state index contributed by atoms with van der Waals surface area (Å²) in [6.07, 6.45) is 3.78. The summed E-state index contributed by atoms with van der Waals surface area (Å²) in [4.78, 5) is 4.26. The molecular formula is C19H20N2. The van der Waals surface area contributed by atoms with Crippen molar-refractivity contribution in [3.63, 3.8) is 0 Å². The van der Waals surface area contributed by atoms with Gasteiger partial charge in [0.2, 0.25) is 0 Å². The van der Waals surface area contributed by atoms with Crippen molar-refractivity contribution >= 4 is 10.8 Å². The first-order valence-electron chi connectivity index (χ1n) is 7.46. The van der Waals surface area contributed by atoms with E-state index in [2.05, 4.69) is 72.7 Å². The monoisotopic (exact) mass is 276 g/mol. The van der Waals surface area contributed by atoms with Crippen LogP contribution in [-0.4, -0.2) is 11.5 Å². The van der Waals surface area contributed by atoms with Gasteiger partial charge in [0.15, 0.2) is 0 Å². The Morgan fingerprint density at radius 1 is 1.05 bits per heavy atom. The fourth-order valence-corrected chi connectivity index (χ4v) is 2.74. The van der Waals surface area contributed by atoms with E-state index in [0.717, 1.165) is 6.54 Å². The van der Waals surface area contributed by atoms with Crippen LogP contribution in [0, 0.1) is 0 Å². The minimum atomic E-state index is 0.387. The highest BCUT2D eigenvalue weighted by molar-refractivity contribution is 5.95. The maximum absolute atomic E-state index is 4.26. The quantitative estimate of drug-likeness (QED) is 0.755. The molecule has 0 saturated heterocycles. The first-order valence-corrected chi connectivity index (χ1v) is 7.46. The van der Waals surface area contributed by atoms with Gasteiger partial charge in [-0.2, -0.15) is 0 Å². The molecule has 1 N–H and O–H groups in total. The van der Waals surface area contributed by atoms with E-state index in [-0.39, 0.29) is 0 Å². The highest BCUT2D eigenvalue weighted by atomic mass is 14.9. The largest absolute Gasteiger partial charge is 0.310 e. The molecule has 0 bridgehead atoms. The molecule has 3 aromatic rings. The van der Waals surface area contributed by atoms with Gasteiger partial charge in [0, 0.05) is 23.8 Å². The fourth-order valence-electron chi connectivity index (χ4n) is 2.74. The van der Waals surface area contributed by atoms with E-state index in [1.165, 1.54) is 27.5 Å². The van der Waals surface area contributed by atoms with Gasteiger partial charge in [-0.15, -0.1) is 0 Å². The van der Waals surface area contributed by atoms with Gasteiger partial charge in [-0.25, -0.2) is 0 Å². The Hall–Kier alpha value is -2.19. The molecule has 2 aromatic carbocycles. The van der Waals surface area contributed by atoms with E-state index in [9.17, 15) is 0 Å². The molecule has 2 nitrogen and oxygen atoms in total. The Kier molecular flexibility index (Phi) is 3.98. The summed E-state index contributed by atoms with van der Waals surface area (Å²) in [5.74, 6) is 0. The molecule has 0 radical (unpaired) electrons. The SMILES string of the molecule is CCNC(C)c1ccc(-c2cccc3ccncc23)cc1. The molecule has 0 spiro atoms. The van der Waals surface area contributed by atoms with Gasteiger partial charge < -0.3 is 5.32 Å². The first-order chi connectivity index (χ1) is 10.3. The summed E-state index contributed by atoms with van der Waals surface area (Å²) < 4.78 is 0. The molecule has 1 aromatic heterocycles. The van der Waals surface area contributed by atoms with E-state index in [4.69, 9.17) is 0 Å². The van der Waals surface area contributed by atoms with E-state index in [1.54, 1.807) is 0 Å². The zero-order valence-electron chi connectivity index (χ0n) is 12.5. The molecule has 0 aliphatic rings. The third-order valence-corrected chi connectivity index (χ3v) is 3.92. The smallest absolute Gasteiger partial charge is 0.0352 e. The lowest BCUT2D eigenvalue weighted by Crippen LogP contribution is -2.17. The van der Waals surface area contributed by atoms with Crippen molar-refractivity contribution in [2.75, 3.05) is 6.54 Å². The second-order valence-electron chi connectivity index (χ2n) is 5.30. The lowest BCUT2D eigenvalue weighted by atomic mass is 9.97. The van der Waals surface area contributed by atoms with Gasteiger partial charge in [-0.1, -0.05) is 49.4 Å². The molecule has 1 heterocycles. The van der Waals surface area contributed by atoms with E-state index >= 15 is 0 Å². The lowest BCUT2D eigenvalue weighted by Gasteiger charge is -2.13. The third-order valence-electron chi connectivity index (χ3n) is 3.92. The van der Waals surface area contributed by atoms with Crippen molar-refractivity contribution < 1.29 is 0 Å². The number of pyridine rings is 1. The summed E-state index contributed by atoms with van der Waals surface area (Å²) >= 11 is 0. The minimum Gasteiger partial charge on any atom is -0.310 e. The van der Waals surface area contributed by atoms with E-state index in [1.807, 2.05) is 12.4 Å². The molecule has 0 aliphatic heterocycles. The molecule has 0 amide bonds. The summed E-state index contributed by atoms with van der Waals surface area (Å²) in [5, 5.41) is 5.87. The van der Waals surface area contributed by atoms with Crippen LogP contribution < -0.4 is 5.32 Å². The molecule has 0 saturated carbocycles. The predicted molar refractivity (Wildman–Crippen MR) is 89.3 cm³/mol. The standard InChI is InChI=1S/C19H20N2/c1-3-21-14(2)15-7-9-17(10-8-15)18-6-4-5-16-11-12-20-13-19(16)18/h4-14,21H,3H2,1-2H3. The summed E-state index contributed by atoms with van der Waals surface area (Å²) in [5.41, 5.74) is 3.79. The number of rotatable bonds is 4. The molecule has 0 aliphatic carbocycles. The fraction of sp³-hybridized carbons (Fsp3) is 0.211. The van der Waals surface area contributed by atoms with Crippen LogP contribution >= 0.6 is 0 Å². The number of nitrogens with zero attached hydrogens (tertiary/aromatic N) is 1. The number of benzene rings is 2. The normalized spacial score (nSPS) is 12.5. The van der Waals surface area contributed by atoms with Gasteiger partial charge in [0.1, 0.15) is 0 Å². The Bertz CT molecular complexity index is 727. The Labute approximate surface area is 125 Å². The Balaban J connectivity index is 2.00. The number of nitrogens with one attached hydrogen (secondary N) is 1. The summed E-state index contributed by atoms with van der Waals surface area (Å²) in [7, 11) is 0. The number of hydrogen-bond acceptors (Lipinski definition) is 2. The summed E-state index contributed by atoms with van der Waals surface area (Å²) in [6.45, 7) is 5.31. The average molecular weight is 276 g/mol. The van der Waals surface area contributed by atoms with Crippen LogP contribution in [0.15, 0.2) is 60.9 Å². The second kappa shape index (κ2) is 6.06. The van der Waals surface area contributed by atoms with Crippen LogP contribution in [0.25, 0.3) is 21.9 Å². The maximum Gasteiger partial charge on any atom is 0.0352 e. The topological polar surface area (TPSA) is 24.9 Å². The van der Waals surface area contributed by atoms with Gasteiger partial charge in [-0.05, 0) is 41.6 Å². The molecule has 2 heteroatoms. The van der Waals surface area contributed by atoms with Gasteiger partial charge in [-0.3, -0.25) is 4.98 Å². The maximum atomic E-state index is 4.26. The number of aromatic nitrogens is 1. The highest BCUT2D eigenvalue weighted by Gasteiger charge is 2.06. The van der Waals surface area contributed by atoms with Crippen LogP contribution in [0.5, 0.6) is 0 Å². The zero-order chi connectivity index (χ0) is 14.7. The van der Waals surface area contributed by atoms with Crippen molar-refractivity contribution in [1.29, 1.82) is 0 Å². The van der Waals surface area contributed by atoms with Gasteiger partial charge in [0.25, 0.3) is 0 Å². The Morgan fingerprint density at radius 3 is 2.62 bits per heavy atom. The van der Waals surface area contributed by atoms with Crippen molar-refractivity contribution in [3.05, 3.63) is 66.5 Å². The van der Waals surface area contributed by atoms with Crippen LogP contribution in [-0.2, 0) is 0 Å². The van der Waals surface area contributed by atoms with Gasteiger partial charge in [0.05, 0.1) is 0 Å². The molecule has 106 valence electrons. The predicted octanol–water partition coefficient (Wildman–Crippen LogP) is 4.57. The lowest BCUT2D eigenvalue weighted by molar-refractivity contribution is 0.598. The summed E-state index contributed by atoms with van der Waals surface area (Å²) in [6, 6.07) is 17.6. The van der Waals surface area contributed by atoms with Crippen molar-refractivity contribution in [2.24, 2.45) is 0 Å². The molecule has 1 unspecified atom stereocenters. The van der Waals surface area contributed by atoms with Crippen LogP contribution in [0.2, 0.25) is 0 Å². The first kappa shape index (κ1) is 13.8. The van der Waals surface area contributed by atoms with Crippen molar-refractivity contribution in [2.45, 2.75) is 19.9 Å². The molecular weight excluding hydrogens is 256 g/mol. The molecule has 0 fully saturated rings. The Morgan fingerprint density at radius 2 is 1.86 bits per heavy atom. The van der Waals surface area contributed by atoms with Crippen molar-refractivity contribution in [3.8, 4) is 11.1 Å². The van der Waals surface area contributed by atoms with Crippen LogP contribution in [0.1, 0.15) is 25.5 Å². The highest BCUT2D eigenvalue weighted by Crippen LogP contribution is 2.28. The molecule has 21 heavy (non-hydrogen) atoms. The molecule has 1 atom stereocenters. The van der Waals surface area contributed by atoms with Crippen molar-refractivity contribution in [1.82, 2.24) is 10.3 Å². The van der Waals surface area contributed by atoms with Crippen LogP contribution in [0.3, 0.4) is 0 Å². The molecule has 3 rings (SSSR count). The van der Waals surface area contributed by atoms with E-state index in [0.29, 0.717) is 6.04 Å². The number of hydrogen-bond donors (Lipinski definition) is 1. The second-order valence-corrected chi connectivity index (χ2v) is 5.30. The number of fused-ring (bicyclic) bond motifs is 1. The van der Waals surface area contributed by atoms with Gasteiger partial charge >= 0.3 is 0 Å².